The summed E-state index contributed by atoms with van der Waals surface area (Å²) >= 11 is 0. The lowest BCUT2D eigenvalue weighted by Gasteiger charge is -2.23. The normalized spacial score (nSPS) is 18.0. The van der Waals surface area contributed by atoms with Crippen LogP contribution in [0.3, 0.4) is 0 Å². The molecule has 3 heteroatoms. The number of esters is 1. The lowest BCUT2D eigenvalue weighted by Crippen LogP contribution is -2.38. The van der Waals surface area contributed by atoms with E-state index in [2.05, 4.69) is 29.2 Å². The van der Waals surface area contributed by atoms with E-state index in [1.165, 1.54) is 5.56 Å². The lowest BCUT2D eigenvalue weighted by molar-refractivity contribution is -0.150. The summed E-state index contributed by atoms with van der Waals surface area (Å²) in [7, 11) is 0. The monoisotopic (exact) mass is 309 g/mol. The summed E-state index contributed by atoms with van der Waals surface area (Å²) in [6, 6.07) is 20.2. The molecule has 23 heavy (non-hydrogen) atoms. The highest BCUT2D eigenvalue weighted by Gasteiger charge is 2.31. The smallest absolute Gasteiger partial charge is 0.323 e. The Morgan fingerprint density at radius 2 is 1.65 bits per heavy atom. The molecule has 1 unspecified atom stereocenters. The van der Waals surface area contributed by atoms with Crippen molar-refractivity contribution in [3.63, 3.8) is 0 Å². The van der Waals surface area contributed by atoms with E-state index in [0.717, 1.165) is 37.9 Å². The molecule has 2 aromatic rings. The van der Waals surface area contributed by atoms with E-state index in [1.807, 2.05) is 36.4 Å². The second kappa shape index (κ2) is 7.93. The highest BCUT2D eigenvalue weighted by Crippen LogP contribution is 2.19. The van der Waals surface area contributed by atoms with Gasteiger partial charge in [-0.15, -0.1) is 0 Å². The summed E-state index contributed by atoms with van der Waals surface area (Å²) in [4.78, 5) is 14.6. The van der Waals surface area contributed by atoms with Crippen molar-refractivity contribution in [3.05, 3.63) is 71.8 Å². The molecule has 1 aliphatic rings. The van der Waals surface area contributed by atoms with Crippen molar-refractivity contribution < 1.29 is 9.53 Å². The zero-order valence-corrected chi connectivity index (χ0v) is 13.4. The first-order chi connectivity index (χ1) is 11.3. The Morgan fingerprint density at radius 1 is 1.00 bits per heavy atom. The average molecular weight is 309 g/mol. The van der Waals surface area contributed by atoms with E-state index in [-0.39, 0.29) is 12.0 Å². The molecule has 3 rings (SSSR count). The van der Waals surface area contributed by atoms with Gasteiger partial charge in [-0.2, -0.15) is 0 Å². The molecule has 3 nitrogen and oxygen atoms in total. The van der Waals surface area contributed by atoms with Gasteiger partial charge in [-0.25, -0.2) is 0 Å². The maximum atomic E-state index is 12.4. The number of carbonyl (C=O) groups is 1. The number of hydrogen-bond acceptors (Lipinski definition) is 3. The minimum Gasteiger partial charge on any atom is -0.460 e. The SMILES string of the molecule is O=C(OCc1ccccc1)C1CCCN1CCc1ccccc1. The number of rotatable bonds is 6. The Bertz CT molecular complexity index is 612. The van der Waals surface area contributed by atoms with Crippen LogP contribution in [-0.2, 0) is 22.6 Å². The van der Waals surface area contributed by atoms with Crippen LogP contribution in [0.25, 0.3) is 0 Å². The van der Waals surface area contributed by atoms with Gasteiger partial charge in [-0.05, 0) is 36.9 Å². The molecule has 0 aliphatic carbocycles. The molecule has 1 heterocycles. The standard InChI is InChI=1S/C20H23NO2/c22-20(23-16-18-10-5-2-6-11-18)19-12-7-14-21(19)15-13-17-8-3-1-4-9-17/h1-6,8-11,19H,7,12-16H2. The summed E-state index contributed by atoms with van der Waals surface area (Å²) in [6.45, 7) is 2.26. The summed E-state index contributed by atoms with van der Waals surface area (Å²) in [5.41, 5.74) is 2.35. The minimum absolute atomic E-state index is 0.0811. The van der Waals surface area contributed by atoms with Crippen LogP contribution in [0.1, 0.15) is 24.0 Å². The van der Waals surface area contributed by atoms with E-state index < -0.39 is 0 Å². The topological polar surface area (TPSA) is 29.5 Å². The van der Waals surface area contributed by atoms with Gasteiger partial charge in [-0.1, -0.05) is 60.7 Å². The molecule has 0 spiro atoms. The molecule has 1 saturated heterocycles. The second-order valence-corrected chi connectivity index (χ2v) is 6.02. The molecule has 0 saturated carbocycles. The van der Waals surface area contributed by atoms with E-state index >= 15 is 0 Å². The first kappa shape index (κ1) is 15.8. The number of hydrogen-bond donors (Lipinski definition) is 0. The van der Waals surface area contributed by atoms with E-state index in [0.29, 0.717) is 6.61 Å². The van der Waals surface area contributed by atoms with Crippen molar-refractivity contribution in [1.82, 2.24) is 4.90 Å². The van der Waals surface area contributed by atoms with Crippen molar-refractivity contribution in [3.8, 4) is 0 Å². The molecule has 2 aromatic carbocycles. The molecule has 0 radical (unpaired) electrons. The Hall–Kier alpha value is -2.13. The zero-order valence-electron chi connectivity index (χ0n) is 13.4. The fourth-order valence-electron chi connectivity index (χ4n) is 3.10. The van der Waals surface area contributed by atoms with Crippen LogP contribution < -0.4 is 0 Å². The van der Waals surface area contributed by atoms with Gasteiger partial charge >= 0.3 is 5.97 Å². The minimum atomic E-state index is -0.0839. The van der Waals surface area contributed by atoms with Crippen LogP contribution in [-0.4, -0.2) is 30.0 Å². The van der Waals surface area contributed by atoms with Gasteiger partial charge in [0.05, 0.1) is 0 Å². The number of ether oxygens (including phenoxy) is 1. The Labute approximate surface area is 137 Å². The number of carbonyl (C=O) groups excluding carboxylic acids is 1. The number of nitrogens with zero attached hydrogens (tertiary/aromatic N) is 1. The quantitative estimate of drug-likeness (QED) is 0.766. The third kappa shape index (κ3) is 4.42. The number of likely N-dealkylation sites (tertiary alicyclic amines) is 1. The van der Waals surface area contributed by atoms with Crippen molar-refractivity contribution >= 4 is 5.97 Å². The summed E-state index contributed by atoms with van der Waals surface area (Å²) < 4.78 is 5.51. The zero-order chi connectivity index (χ0) is 15.9. The molecular weight excluding hydrogens is 286 g/mol. The molecule has 1 atom stereocenters. The van der Waals surface area contributed by atoms with Crippen molar-refractivity contribution in [2.75, 3.05) is 13.1 Å². The third-order valence-electron chi connectivity index (χ3n) is 4.39. The van der Waals surface area contributed by atoms with Gasteiger partial charge in [0.2, 0.25) is 0 Å². The van der Waals surface area contributed by atoms with Crippen molar-refractivity contribution in [2.45, 2.75) is 31.9 Å². The highest BCUT2D eigenvalue weighted by molar-refractivity contribution is 5.76. The summed E-state index contributed by atoms with van der Waals surface area (Å²) in [5, 5.41) is 0. The highest BCUT2D eigenvalue weighted by atomic mass is 16.5. The van der Waals surface area contributed by atoms with Crippen LogP contribution in [0.4, 0.5) is 0 Å². The summed E-state index contributed by atoms with van der Waals surface area (Å²) in [5.74, 6) is -0.0839. The van der Waals surface area contributed by atoms with E-state index in [9.17, 15) is 4.79 Å². The van der Waals surface area contributed by atoms with Gasteiger partial charge in [-0.3, -0.25) is 9.69 Å². The predicted molar refractivity (Wildman–Crippen MR) is 91.0 cm³/mol. The summed E-state index contributed by atoms with van der Waals surface area (Å²) in [6.07, 6.45) is 2.95. The van der Waals surface area contributed by atoms with Crippen LogP contribution in [0.5, 0.6) is 0 Å². The predicted octanol–water partition coefficient (Wildman–Crippen LogP) is 3.44. The molecule has 1 fully saturated rings. The maximum absolute atomic E-state index is 12.4. The van der Waals surface area contributed by atoms with Gasteiger partial charge in [0, 0.05) is 6.54 Å². The molecular formula is C20H23NO2. The van der Waals surface area contributed by atoms with Crippen LogP contribution >= 0.6 is 0 Å². The van der Waals surface area contributed by atoms with Gasteiger partial charge in [0.25, 0.3) is 0 Å². The molecule has 0 aromatic heterocycles. The molecule has 120 valence electrons. The van der Waals surface area contributed by atoms with Gasteiger partial charge < -0.3 is 4.74 Å². The average Bonchev–Trinajstić information content (AvgIpc) is 3.08. The van der Waals surface area contributed by atoms with E-state index in [1.54, 1.807) is 0 Å². The fraction of sp³-hybridized carbons (Fsp3) is 0.350. The number of benzene rings is 2. The largest absolute Gasteiger partial charge is 0.460 e. The van der Waals surface area contributed by atoms with Crippen LogP contribution in [0.2, 0.25) is 0 Å². The molecule has 0 N–H and O–H groups in total. The maximum Gasteiger partial charge on any atom is 0.323 e. The lowest BCUT2D eigenvalue weighted by atomic mass is 10.1. The van der Waals surface area contributed by atoms with Gasteiger partial charge in [0.1, 0.15) is 12.6 Å². The van der Waals surface area contributed by atoms with Crippen LogP contribution in [0, 0.1) is 0 Å². The van der Waals surface area contributed by atoms with Crippen molar-refractivity contribution in [2.24, 2.45) is 0 Å². The molecule has 0 amide bonds. The van der Waals surface area contributed by atoms with E-state index in [4.69, 9.17) is 4.74 Å². The molecule has 0 bridgehead atoms. The van der Waals surface area contributed by atoms with Gasteiger partial charge in [0.15, 0.2) is 0 Å². The van der Waals surface area contributed by atoms with Crippen molar-refractivity contribution in [1.29, 1.82) is 0 Å². The fourth-order valence-corrected chi connectivity index (χ4v) is 3.10. The van der Waals surface area contributed by atoms with Crippen LogP contribution in [0.15, 0.2) is 60.7 Å². The second-order valence-electron chi connectivity index (χ2n) is 6.02. The first-order valence-corrected chi connectivity index (χ1v) is 8.31. The first-order valence-electron chi connectivity index (χ1n) is 8.31. The Balaban J connectivity index is 1.50. The Morgan fingerprint density at radius 3 is 2.35 bits per heavy atom. The molecule has 1 aliphatic heterocycles. The third-order valence-corrected chi connectivity index (χ3v) is 4.39. The Kier molecular flexibility index (Phi) is 5.43.